The molecule has 0 atom stereocenters. The van der Waals surface area contributed by atoms with Crippen molar-refractivity contribution >= 4 is 5.91 Å². The first-order chi connectivity index (χ1) is 13.2. The van der Waals surface area contributed by atoms with Crippen LogP contribution < -0.4 is 0 Å². The third kappa shape index (κ3) is 3.79. The van der Waals surface area contributed by atoms with E-state index in [0.717, 1.165) is 51.9 Å². The summed E-state index contributed by atoms with van der Waals surface area (Å²) >= 11 is 0. The fourth-order valence-corrected chi connectivity index (χ4v) is 4.76. The summed E-state index contributed by atoms with van der Waals surface area (Å²) in [6.45, 7) is 6.11. The first-order valence-corrected chi connectivity index (χ1v) is 10.3. The Hall–Kier alpha value is -2.13. The fraction of sp³-hybridized carbons (Fsp3) is 0.458. The number of rotatable bonds is 4. The molecule has 0 saturated carbocycles. The third-order valence-electron chi connectivity index (χ3n) is 6.36. The number of piperidine rings is 2. The van der Waals surface area contributed by atoms with E-state index in [9.17, 15) is 4.79 Å². The molecule has 2 heterocycles. The minimum Gasteiger partial charge on any atom is -0.333 e. The highest BCUT2D eigenvalue weighted by Gasteiger charge is 2.44. The van der Waals surface area contributed by atoms with Crippen LogP contribution in [0, 0.1) is 6.92 Å². The van der Waals surface area contributed by atoms with Crippen LogP contribution in [0.1, 0.15) is 48.8 Å². The smallest absolute Gasteiger partial charge is 0.223 e. The van der Waals surface area contributed by atoms with Crippen molar-refractivity contribution < 1.29 is 4.79 Å². The van der Waals surface area contributed by atoms with Gasteiger partial charge in [0.25, 0.3) is 0 Å². The quantitative estimate of drug-likeness (QED) is 0.799. The van der Waals surface area contributed by atoms with Gasteiger partial charge in [0.05, 0.1) is 5.54 Å². The maximum Gasteiger partial charge on any atom is 0.223 e. The second kappa shape index (κ2) is 7.85. The van der Waals surface area contributed by atoms with Crippen LogP contribution in [0.3, 0.4) is 0 Å². The minimum absolute atomic E-state index is 0.127. The van der Waals surface area contributed by atoms with Gasteiger partial charge in [-0.15, -0.1) is 0 Å². The summed E-state index contributed by atoms with van der Waals surface area (Å²) in [5, 5.41) is 0. The Morgan fingerprint density at radius 1 is 0.889 bits per heavy atom. The molecule has 2 aromatic carbocycles. The molecular weight excluding hydrogens is 332 g/mol. The molecular formula is C24H30N2O. The first-order valence-electron chi connectivity index (χ1n) is 10.3. The van der Waals surface area contributed by atoms with Crippen LogP contribution in [-0.4, -0.2) is 35.3 Å². The van der Waals surface area contributed by atoms with E-state index in [1.807, 2.05) is 0 Å². The second-order valence-electron chi connectivity index (χ2n) is 8.16. The molecule has 0 N–H and O–H groups in total. The number of hydrogen-bond donors (Lipinski definition) is 0. The molecule has 2 aromatic rings. The highest BCUT2D eigenvalue weighted by atomic mass is 16.2. The van der Waals surface area contributed by atoms with E-state index >= 15 is 0 Å². The van der Waals surface area contributed by atoms with Gasteiger partial charge in [-0.3, -0.25) is 9.69 Å². The summed E-state index contributed by atoms with van der Waals surface area (Å²) in [7, 11) is 0. The maximum absolute atomic E-state index is 12.8. The van der Waals surface area contributed by atoms with E-state index in [2.05, 4.69) is 71.3 Å². The molecule has 0 aromatic heterocycles. The molecule has 2 fully saturated rings. The Bertz CT molecular complexity index is 761. The Balaban J connectivity index is 1.57. The molecule has 3 nitrogen and oxygen atoms in total. The Kier molecular flexibility index (Phi) is 5.31. The molecule has 0 unspecified atom stereocenters. The summed E-state index contributed by atoms with van der Waals surface area (Å²) in [6.07, 6.45) is 4.93. The molecule has 4 rings (SSSR count). The van der Waals surface area contributed by atoms with Gasteiger partial charge in [0.15, 0.2) is 0 Å². The van der Waals surface area contributed by atoms with E-state index in [4.69, 9.17) is 0 Å². The van der Waals surface area contributed by atoms with E-state index in [-0.39, 0.29) is 5.54 Å². The molecule has 0 radical (unpaired) electrons. The van der Waals surface area contributed by atoms with Gasteiger partial charge in [0, 0.05) is 32.6 Å². The van der Waals surface area contributed by atoms with Crippen LogP contribution in [0.15, 0.2) is 54.6 Å². The molecule has 3 heteroatoms. The predicted octanol–water partition coefficient (Wildman–Crippen LogP) is 4.50. The molecule has 0 aliphatic carbocycles. The number of nitrogens with zero attached hydrogens (tertiary/aromatic N) is 2. The lowest BCUT2D eigenvalue weighted by Gasteiger charge is -2.50. The average Bonchev–Trinajstić information content (AvgIpc) is 2.71. The standard InChI is InChI=1S/C24H30N2O/c1-20-10-12-22(13-11-20)24(26-16-6-5-9-23(26)27)14-17-25(18-15-24)19-21-7-3-2-4-8-21/h2-4,7-8,10-13H,5-6,9,14-19H2,1H3. The molecule has 27 heavy (non-hydrogen) atoms. The number of aryl methyl sites for hydroxylation is 1. The van der Waals surface area contributed by atoms with Gasteiger partial charge in [-0.1, -0.05) is 60.2 Å². The highest BCUT2D eigenvalue weighted by molar-refractivity contribution is 5.78. The number of hydrogen-bond acceptors (Lipinski definition) is 2. The minimum atomic E-state index is -0.127. The van der Waals surface area contributed by atoms with Crippen molar-refractivity contribution in [2.24, 2.45) is 0 Å². The SMILES string of the molecule is Cc1ccc(C2(N3CCCCC3=O)CCN(Cc3ccccc3)CC2)cc1. The van der Waals surface area contributed by atoms with Crippen LogP contribution in [0.4, 0.5) is 0 Å². The van der Waals surface area contributed by atoms with Gasteiger partial charge >= 0.3 is 0 Å². The van der Waals surface area contributed by atoms with Gasteiger partial charge in [0.2, 0.25) is 5.91 Å². The number of amides is 1. The van der Waals surface area contributed by atoms with Gasteiger partial charge in [-0.2, -0.15) is 0 Å². The van der Waals surface area contributed by atoms with Crippen molar-refractivity contribution in [2.45, 2.75) is 51.1 Å². The molecule has 2 aliphatic rings. The molecule has 2 aliphatic heterocycles. The highest BCUT2D eigenvalue weighted by Crippen LogP contribution is 2.41. The predicted molar refractivity (Wildman–Crippen MR) is 109 cm³/mol. The average molecular weight is 363 g/mol. The first kappa shape index (κ1) is 18.2. The van der Waals surface area contributed by atoms with Crippen molar-refractivity contribution in [3.8, 4) is 0 Å². The lowest BCUT2D eigenvalue weighted by molar-refractivity contribution is -0.143. The van der Waals surface area contributed by atoms with E-state index in [1.54, 1.807) is 0 Å². The van der Waals surface area contributed by atoms with E-state index < -0.39 is 0 Å². The van der Waals surface area contributed by atoms with Gasteiger partial charge < -0.3 is 4.90 Å². The maximum atomic E-state index is 12.8. The lowest BCUT2D eigenvalue weighted by atomic mass is 9.77. The monoisotopic (exact) mass is 362 g/mol. The number of likely N-dealkylation sites (tertiary alicyclic amines) is 2. The zero-order valence-electron chi connectivity index (χ0n) is 16.4. The second-order valence-corrected chi connectivity index (χ2v) is 8.16. The van der Waals surface area contributed by atoms with Crippen molar-refractivity contribution in [3.63, 3.8) is 0 Å². The van der Waals surface area contributed by atoms with E-state index in [0.29, 0.717) is 12.3 Å². The number of carbonyl (C=O) groups excluding carboxylic acids is 1. The number of benzene rings is 2. The zero-order chi connectivity index (χ0) is 18.7. The normalized spacial score (nSPS) is 20.6. The van der Waals surface area contributed by atoms with Crippen LogP contribution >= 0.6 is 0 Å². The van der Waals surface area contributed by atoms with Gasteiger partial charge in [0.1, 0.15) is 0 Å². The van der Waals surface area contributed by atoms with Crippen LogP contribution in [0.5, 0.6) is 0 Å². The Labute approximate surface area is 163 Å². The van der Waals surface area contributed by atoms with Crippen molar-refractivity contribution in [1.29, 1.82) is 0 Å². The van der Waals surface area contributed by atoms with E-state index in [1.165, 1.54) is 16.7 Å². The summed E-state index contributed by atoms with van der Waals surface area (Å²) < 4.78 is 0. The van der Waals surface area contributed by atoms with Crippen molar-refractivity contribution in [3.05, 3.63) is 71.3 Å². The summed E-state index contributed by atoms with van der Waals surface area (Å²) in [5.41, 5.74) is 3.84. The lowest BCUT2D eigenvalue weighted by Crippen LogP contribution is -2.56. The van der Waals surface area contributed by atoms with Gasteiger partial charge in [-0.25, -0.2) is 0 Å². The summed E-state index contributed by atoms with van der Waals surface area (Å²) in [4.78, 5) is 17.6. The molecule has 0 spiro atoms. The molecule has 1 amide bonds. The third-order valence-corrected chi connectivity index (χ3v) is 6.36. The van der Waals surface area contributed by atoms with Crippen LogP contribution in [0.25, 0.3) is 0 Å². The number of carbonyl (C=O) groups is 1. The Morgan fingerprint density at radius 3 is 2.26 bits per heavy atom. The zero-order valence-corrected chi connectivity index (χ0v) is 16.4. The Morgan fingerprint density at radius 2 is 1.59 bits per heavy atom. The van der Waals surface area contributed by atoms with Crippen LogP contribution in [0.2, 0.25) is 0 Å². The summed E-state index contributed by atoms with van der Waals surface area (Å²) in [5.74, 6) is 0.346. The van der Waals surface area contributed by atoms with Gasteiger partial charge in [-0.05, 0) is 43.7 Å². The van der Waals surface area contributed by atoms with Crippen LogP contribution in [-0.2, 0) is 16.9 Å². The summed E-state index contributed by atoms with van der Waals surface area (Å²) in [6, 6.07) is 19.6. The molecule has 142 valence electrons. The topological polar surface area (TPSA) is 23.6 Å². The van der Waals surface area contributed by atoms with Crippen molar-refractivity contribution in [1.82, 2.24) is 9.80 Å². The fourth-order valence-electron chi connectivity index (χ4n) is 4.76. The molecule has 2 saturated heterocycles. The largest absolute Gasteiger partial charge is 0.333 e. The molecule has 0 bridgehead atoms. The van der Waals surface area contributed by atoms with Crippen molar-refractivity contribution in [2.75, 3.05) is 19.6 Å².